The van der Waals surface area contributed by atoms with Crippen LogP contribution in [0.3, 0.4) is 0 Å². The SMILES string of the molecule is CCCCC1CN=C(N)N1c1ccccc1C. The fraction of sp³-hybridized carbons (Fsp3) is 0.500. The zero-order chi connectivity index (χ0) is 12.3. The summed E-state index contributed by atoms with van der Waals surface area (Å²) in [5.74, 6) is 0.667. The molecule has 1 aromatic rings. The molecule has 1 aromatic carbocycles. The molecule has 0 spiro atoms. The number of hydrogen-bond donors (Lipinski definition) is 1. The van der Waals surface area contributed by atoms with Crippen LogP contribution < -0.4 is 10.6 Å². The number of anilines is 1. The number of benzene rings is 1. The van der Waals surface area contributed by atoms with Crippen molar-refractivity contribution in [1.29, 1.82) is 0 Å². The maximum absolute atomic E-state index is 6.02. The fourth-order valence-electron chi connectivity index (χ4n) is 2.36. The molecule has 0 amide bonds. The first-order valence-electron chi connectivity index (χ1n) is 6.38. The molecular formula is C14H21N3. The van der Waals surface area contributed by atoms with E-state index >= 15 is 0 Å². The van der Waals surface area contributed by atoms with E-state index in [0.29, 0.717) is 12.0 Å². The van der Waals surface area contributed by atoms with Gasteiger partial charge in [0.15, 0.2) is 5.96 Å². The number of unbranched alkanes of at least 4 members (excludes halogenated alkanes) is 1. The van der Waals surface area contributed by atoms with E-state index in [4.69, 9.17) is 5.73 Å². The summed E-state index contributed by atoms with van der Waals surface area (Å²) in [5.41, 5.74) is 8.48. The standard InChI is InChI=1S/C14H21N3/c1-3-4-8-12-10-16-14(15)17(12)13-9-6-5-7-11(13)2/h5-7,9,12H,3-4,8,10H2,1-2H3,(H2,15,16). The summed E-state index contributed by atoms with van der Waals surface area (Å²) in [5, 5.41) is 0. The van der Waals surface area contributed by atoms with Crippen LogP contribution in [0.15, 0.2) is 29.3 Å². The van der Waals surface area contributed by atoms with E-state index in [0.717, 1.165) is 13.0 Å². The van der Waals surface area contributed by atoms with Crippen molar-refractivity contribution in [3.63, 3.8) is 0 Å². The fourth-order valence-corrected chi connectivity index (χ4v) is 2.36. The minimum Gasteiger partial charge on any atom is -0.370 e. The van der Waals surface area contributed by atoms with Crippen molar-refractivity contribution in [1.82, 2.24) is 0 Å². The highest BCUT2D eigenvalue weighted by molar-refractivity contribution is 5.97. The van der Waals surface area contributed by atoms with Crippen LogP contribution in [0.4, 0.5) is 5.69 Å². The normalized spacial score (nSPS) is 19.5. The van der Waals surface area contributed by atoms with E-state index in [9.17, 15) is 0 Å². The van der Waals surface area contributed by atoms with Crippen LogP contribution >= 0.6 is 0 Å². The summed E-state index contributed by atoms with van der Waals surface area (Å²) in [6, 6.07) is 8.81. The van der Waals surface area contributed by atoms with Gasteiger partial charge in [-0.3, -0.25) is 4.99 Å². The molecule has 2 N–H and O–H groups in total. The molecule has 92 valence electrons. The van der Waals surface area contributed by atoms with Gasteiger partial charge in [0.1, 0.15) is 0 Å². The summed E-state index contributed by atoms with van der Waals surface area (Å²) >= 11 is 0. The highest BCUT2D eigenvalue weighted by atomic mass is 15.3. The molecule has 0 saturated heterocycles. The molecule has 3 heteroatoms. The predicted molar refractivity (Wildman–Crippen MR) is 73.5 cm³/mol. The maximum Gasteiger partial charge on any atom is 0.196 e. The van der Waals surface area contributed by atoms with Gasteiger partial charge in [0.25, 0.3) is 0 Å². The van der Waals surface area contributed by atoms with Crippen molar-refractivity contribution < 1.29 is 0 Å². The number of para-hydroxylation sites is 1. The van der Waals surface area contributed by atoms with Gasteiger partial charge < -0.3 is 10.6 Å². The van der Waals surface area contributed by atoms with Gasteiger partial charge in [-0.2, -0.15) is 0 Å². The van der Waals surface area contributed by atoms with Crippen LogP contribution in [0.25, 0.3) is 0 Å². The monoisotopic (exact) mass is 231 g/mol. The average molecular weight is 231 g/mol. The smallest absolute Gasteiger partial charge is 0.196 e. The Kier molecular flexibility index (Phi) is 3.67. The van der Waals surface area contributed by atoms with Gasteiger partial charge in [-0.1, -0.05) is 38.0 Å². The van der Waals surface area contributed by atoms with Crippen molar-refractivity contribution in [2.75, 3.05) is 11.4 Å². The van der Waals surface area contributed by atoms with Crippen molar-refractivity contribution in [2.24, 2.45) is 10.7 Å². The van der Waals surface area contributed by atoms with Crippen LogP contribution in [-0.2, 0) is 0 Å². The first-order chi connectivity index (χ1) is 8.24. The van der Waals surface area contributed by atoms with Crippen molar-refractivity contribution in [2.45, 2.75) is 39.2 Å². The second-order valence-electron chi connectivity index (χ2n) is 4.65. The van der Waals surface area contributed by atoms with Gasteiger partial charge >= 0.3 is 0 Å². The molecular weight excluding hydrogens is 210 g/mol. The molecule has 0 saturated carbocycles. The summed E-state index contributed by atoms with van der Waals surface area (Å²) in [4.78, 5) is 6.59. The van der Waals surface area contributed by atoms with E-state index in [1.54, 1.807) is 0 Å². The maximum atomic E-state index is 6.02. The lowest BCUT2D eigenvalue weighted by atomic mass is 10.1. The number of aryl methyl sites for hydroxylation is 1. The van der Waals surface area contributed by atoms with Crippen LogP contribution in [0.5, 0.6) is 0 Å². The van der Waals surface area contributed by atoms with Gasteiger partial charge in [0.2, 0.25) is 0 Å². The van der Waals surface area contributed by atoms with E-state index in [2.05, 4.69) is 48.0 Å². The lowest BCUT2D eigenvalue weighted by Crippen LogP contribution is -2.41. The van der Waals surface area contributed by atoms with Crippen LogP contribution in [-0.4, -0.2) is 18.5 Å². The van der Waals surface area contributed by atoms with Crippen molar-refractivity contribution in [3.05, 3.63) is 29.8 Å². The van der Waals surface area contributed by atoms with Crippen LogP contribution in [0.1, 0.15) is 31.7 Å². The minimum absolute atomic E-state index is 0.441. The minimum atomic E-state index is 0.441. The van der Waals surface area contributed by atoms with Gasteiger partial charge in [-0.05, 0) is 25.0 Å². The second kappa shape index (κ2) is 5.21. The summed E-state index contributed by atoms with van der Waals surface area (Å²) < 4.78 is 0. The third kappa shape index (κ3) is 2.43. The molecule has 0 radical (unpaired) electrons. The van der Waals surface area contributed by atoms with E-state index in [1.807, 2.05) is 0 Å². The Hall–Kier alpha value is -1.51. The molecule has 0 fully saturated rings. The van der Waals surface area contributed by atoms with E-state index in [-0.39, 0.29) is 0 Å². The van der Waals surface area contributed by atoms with Gasteiger partial charge in [0.05, 0.1) is 12.6 Å². The number of rotatable bonds is 4. The first kappa shape index (κ1) is 12.0. The Labute approximate surface area is 103 Å². The largest absolute Gasteiger partial charge is 0.370 e. The third-order valence-electron chi connectivity index (χ3n) is 3.34. The Morgan fingerprint density at radius 3 is 2.88 bits per heavy atom. The molecule has 1 unspecified atom stereocenters. The average Bonchev–Trinajstić information content (AvgIpc) is 2.69. The Bertz CT molecular complexity index is 412. The molecule has 0 aliphatic carbocycles. The van der Waals surface area contributed by atoms with Gasteiger partial charge in [0, 0.05) is 5.69 Å². The van der Waals surface area contributed by atoms with E-state index in [1.165, 1.54) is 24.1 Å². The predicted octanol–water partition coefficient (Wildman–Crippen LogP) is 2.69. The number of hydrogen-bond acceptors (Lipinski definition) is 3. The zero-order valence-corrected chi connectivity index (χ0v) is 10.7. The number of guanidine groups is 1. The zero-order valence-electron chi connectivity index (χ0n) is 10.7. The summed E-state index contributed by atoms with van der Waals surface area (Å²) in [6.07, 6.45) is 3.61. The number of nitrogens with zero attached hydrogens (tertiary/aromatic N) is 2. The third-order valence-corrected chi connectivity index (χ3v) is 3.34. The molecule has 3 nitrogen and oxygen atoms in total. The molecule has 1 heterocycles. The second-order valence-corrected chi connectivity index (χ2v) is 4.65. The molecule has 17 heavy (non-hydrogen) atoms. The van der Waals surface area contributed by atoms with Crippen LogP contribution in [0.2, 0.25) is 0 Å². The molecule has 1 atom stereocenters. The topological polar surface area (TPSA) is 41.6 Å². The van der Waals surface area contributed by atoms with E-state index < -0.39 is 0 Å². The summed E-state index contributed by atoms with van der Waals surface area (Å²) in [6.45, 7) is 5.18. The van der Waals surface area contributed by atoms with Gasteiger partial charge in [-0.15, -0.1) is 0 Å². The highest BCUT2D eigenvalue weighted by Crippen LogP contribution is 2.26. The molecule has 2 rings (SSSR count). The number of aliphatic imine (C=N–C) groups is 1. The number of nitrogens with two attached hydrogens (primary N) is 1. The Balaban J connectivity index is 2.22. The van der Waals surface area contributed by atoms with Crippen molar-refractivity contribution >= 4 is 11.6 Å². The lowest BCUT2D eigenvalue weighted by molar-refractivity contribution is 0.600. The van der Waals surface area contributed by atoms with Crippen molar-refractivity contribution in [3.8, 4) is 0 Å². The van der Waals surface area contributed by atoms with Crippen LogP contribution in [0, 0.1) is 6.92 Å². The molecule has 0 bridgehead atoms. The Morgan fingerprint density at radius 2 is 2.18 bits per heavy atom. The highest BCUT2D eigenvalue weighted by Gasteiger charge is 2.27. The Morgan fingerprint density at radius 1 is 1.41 bits per heavy atom. The summed E-state index contributed by atoms with van der Waals surface area (Å²) in [7, 11) is 0. The van der Waals surface area contributed by atoms with Gasteiger partial charge in [-0.25, -0.2) is 0 Å². The first-order valence-corrected chi connectivity index (χ1v) is 6.38. The quantitative estimate of drug-likeness (QED) is 0.865. The molecule has 1 aliphatic heterocycles. The molecule has 0 aromatic heterocycles. The lowest BCUT2D eigenvalue weighted by Gasteiger charge is -2.27. The molecule has 1 aliphatic rings.